The van der Waals surface area contributed by atoms with Crippen molar-refractivity contribution in [1.29, 1.82) is 0 Å². The largest absolute Gasteiger partial charge is 0.310 e. The van der Waals surface area contributed by atoms with Crippen LogP contribution < -0.4 is 4.80 Å². The molecule has 0 bridgehead atoms. The third-order valence-electron chi connectivity index (χ3n) is 3.38. The highest BCUT2D eigenvalue weighted by Gasteiger charge is 2.18. The first-order valence-corrected chi connectivity index (χ1v) is 7.86. The van der Waals surface area contributed by atoms with Gasteiger partial charge in [-0.05, 0) is 18.2 Å². The van der Waals surface area contributed by atoms with E-state index in [-0.39, 0.29) is 21.6 Å². The fourth-order valence-corrected chi connectivity index (χ4v) is 3.43. The minimum atomic E-state index is -1.15. The smallest absolute Gasteiger partial charge is 0.285 e. The molecule has 1 amide bonds. The molecule has 128 valence electrons. The number of hydrogen-bond donors (Lipinski definition) is 0. The highest BCUT2D eigenvalue weighted by molar-refractivity contribution is 7.16. The maximum atomic E-state index is 14.1. The summed E-state index contributed by atoms with van der Waals surface area (Å²) in [6, 6.07) is 4.79. The van der Waals surface area contributed by atoms with E-state index in [0.717, 1.165) is 35.6 Å². The number of halogens is 4. The molecule has 0 N–H and O–H groups in total. The number of thiazole rings is 1. The Hall–Kier alpha value is -2.74. The summed E-state index contributed by atoms with van der Waals surface area (Å²) < 4.78 is 56.4. The number of benzene rings is 2. The van der Waals surface area contributed by atoms with Crippen LogP contribution in [0.25, 0.3) is 10.2 Å². The average Bonchev–Trinajstić information content (AvgIpc) is 2.85. The van der Waals surface area contributed by atoms with Gasteiger partial charge in [-0.2, -0.15) is 4.99 Å². The van der Waals surface area contributed by atoms with E-state index >= 15 is 0 Å². The number of rotatable bonds is 3. The molecule has 8 heteroatoms. The molecule has 0 saturated carbocycles. The van der Waals surface area contributed by atoms with Crippen molar-refractivity contribution in [3.05, 3.63) is 76.6 Å². The van der Waals surface area contributed by atoms with Crippen molar-refractivity contribution in [2.24, 2.45) is 4.99 Å². The van der Waals surface area contributed by atoms with Gasteiger partial charge in [0.1, 0.15) is 23.0 Å². The van der Waals surface area contributed by atoms with E-state index in [0.29, 0.717) is 6.07 Å². The van der Waals surface area contributed by atoms with Crippen LogP contribution in [-0.4, -0.2) is 10.5 Å². The third kappa shape index (κ3) is 3.12. The second-order valence-corrected chi connectivity index (χ2v) is 6.04. The monoisotopic (exact) mass is 366 g/mol. The zero-order valence-electron chi connectivity index (χ0n) is 12.6. The molecule has 0 atom stereocenters. The van der Waals surface area contributed by atoms with E-state index in [4.69, 9.17) is 0 Å². The van der Waals surface area contributed by atoms with Crippen LogP contribution in [0.2, 0.25) is 0 Å². The molecule has 0 unspecified atom stereocenters. The summed E-state index contributed by atoms with van der Waals surface area (Å²) in [5, 5.41) is 0. The van der Waals surface area contributed by atoms with Crippen molar-refractivity contribution in [2.75, 3.05) is 0 Å². The van der Waals surface area contributed by atoms with Gasteiger partial charge in [0.2, 0.25) is 0 Å². The molecule has 25 heavy (non-hydrogen) atoms. The molecule has 2 aromatic carbocycles. The van der Waals surface area contributed by atoms with Gasteiger partial charge in [-0.15, -0.1) is 6.58 Å². The maximum Gasteiger partial charge on any atom is 0.285 e. The van der Waals surface area contributed by atoms with Gasteiger partial charge in [-0.1, -0.05) is 23.5 Å². The molecule has 3 rings (SSSR count). The molecule has 0 spiro atoms. The minimum Gasteiger partial charge on any atom is -0.310 e. The van der Waals surface area contributed by atoms with E-state index in [1.165, 1.54) is 10.6 Å². The Bertz CT molecular complexity index is 1050. The highest BCUT2D eigenvalue weighted by atomic mass is 32.1. The summed E-state index contributed by atoms with van der Waals surface area (Å²) in [4.78, 5) is 15.9. The first-order valence-electron chi connectivity index (χ1n) is 7.04. The number of fused-ring (bicyclic) bond motifs is 1. The third-order valence-corrected chi connectivity index (χ3v) is 4.41. The van der Waals surface area contributed by atoms with Crippen LogP contribution in [0.4, 0.5) is 17.6 Å². The molecule has 0 aliphatic heterocycles. The van der Waals surface area contributed by atoms with Crippen molar-refractivity contribution in [3.63, 3.8) is 0 Å². The van der Waals surface area contributed by atoms with Gasteiger partial charge in [0, 0.05) is 12.6 Å². The lowest BCUT2D eigenvalue weighted by Gasteiger charge is -2.03. The topological polar surface area (TPSA) is 34.4 Å². The van der Waals surface area contributed by atoms with E-state index in [1.54, 1.807) is 0 Å². The summed E-state index contributed by atoms with van der Waals surface area (Å²) in [5.74, 6) is -4.88. The molecular weight excluding hydrogens is 356 g/mol. The maximum absolute atomic E-state index is 14.1. The normalized spacial score (nSPS) is 11.9. The zero-order chi connectivity index (χ0) is 18.1. The quantitative estimate of drug-likeness (QED) is 0.506. The molecule has 3 nitrogen and oxygen atoms in total. The number of nitrogens with zero attached hydrogens (tertiary/aromatic N) is 2. The van der Waals surface area contributed by atoms with Gasteiger partial charge < -0.3 is 4.57 Å². The standard InChI is InChI=1S/C17H10F4N2OS/c1-2-6-23-15-12(21)7-9(18)8-13(15)25-17(23)22-16(24)14-10(19)4-3-5-11(14)20/h2-5,7-8H,1,6H2. The van der Waals surface area contributed by atoms with Crippen LogP contribution in [0.1, 0.15) is 10.4 Å². The highest BCUT2D eigenvalue weighted by Crippen LogP contribution is 2.22. The molecule has 1 aromatic heterocycles. The Morgan fingerprint density at radius 3 is 2.48 bits per heavy atom. The van der Waals surface area contributed by atoms with Gasteiger partial charge in [0.05, 0.1) is 10.2 Å². The number of amides is 1. The van der Waals surface area contributed by atoms with Crippen LogP contribution in [0.5, 0.6) is 0 Å². The summed E-state index contributed by atoms with van der Waals surface area (Å²) in [6.07, 6.45) is 1.43. The Balaban J connectivity index is 2.26. The first kappa shape index (κ1) is 17.1. The Morgan fingerprint density at radius 1 is 1.16 bits per heavy atom. The Morgan fingerprint density at radius 2 is 1.84 bits per heavy atom. The molecule has 3 aromatic rings. The number of hydrogen-bond acceptors (Lipinski definition) is 2. The number of carbonyl (C=O) groups excluding carboxylic acids is 1. The number of carbonyl (C=O) groups is 1. The average molecular weight is 366 g/mol. The van der Waals surface area contributed by atoms with E-state index < -0.39 is 34.7 Å². The van der Waals surface area contributed by atoms with Crippen molar-refractivity contribution in [1.82, 2.24) is 4.57 Å². The molecule has 0 radical (unpaired) electrons. The molecular formula is C17H10F4N2OS. The lowest BCUT2D eigenvalue weighted by molar-refractivity contribution is 0.0990. The van der Waals surface area contributed by atoms with Gasteiger partial charge in [0.15, 0.2) is 10.6 Å². The van der Waals surface area contributed by atoms with Crippen LogP contribution >= 0.6 is 11.3 Å². The van der Waals surface area contributed by atoms with Crippen LogP contribution in [-0.2, 0) is 6.54 Å². The Kier molecular flexibility index (Phi) is 4.54. The van der Waals surface area contributed by atoms with Gasteiger partial charge >= 0.3 is 0 Å². The molecule has 0 aliphatic rings. The van der Waals surface area contributed by atoms with Crippen LogP contribution in [0, 0.1) is 23.3 Å². The van der Waals surface area contributed by atoms with Crippen molar-refractivity contribution in [3.8, 4) is 0 Å². The fourth-order valence-electron chi connectivity index (χ4n) is 2.36. The summed E-state index contributed by atoms with van der Waals surface area (Å²) >= 11 is 0.830. The zero-order valence-corrected chi connectivity index (χ0v) is 13.4. The predicted molar refractivity (Wildman–Crippen MR) is 86.2 cm³/mol. The molecule has 0 saturated heterocycles. The van der Waals surface area contributed by atoms with Gasteiger partial charge in [-0.3, -0.25) is 4.79 Å². The van der Waals surface area contributed by atoms with Crippen molar-refractivity contribution in [2.45, 2.75) is 6.54 Å². The summed E-state index contributed by atoms with van der Waals surface area (Å²) in [5.41, 5.74) is -0.774. The second-order valence-electron chi connectivity index (χ2n) is 5.03. The van der Waals surface area contributed by atoms with Gasteiger partial charge in [-0.25, -0.2) is 17.6 Å². The molecule has 1 heterocycles. The Labute approximate surface area is 143 Å². The van der Waals surface area contributed by atoms with E-state index in [2.05, 4.69) is 11.6 Å². The van der Waals surface area contributed by atoms with E-state index in [9.17, 15) is 22.4 Å². The lowest BCUT2D eigenvalue weighted by Crippen LogP contribution is -2.17. The summed E-state index contributed by atoms with van der Waals surface area (Å²) in [6.45, 7) is 3.61. The summed E-state index contributed by atoms with van der Waals surface area (Å²) in [7, 11) is 0. The number of aromatic nitrogens is 1. The van der Waals surface area contributed by atoms with Gasteiger partial charge in [0.25, 0.3) is 5.91 Å². The minimum absolute atomic E-state index is 0.0212. The lowest BCUT2D eigenvalue weighted by atomic mass is 10.2. The second kappa shape index (κ2) is 6.64. The van der Waals surface area contributed by atoms with Crippen LogP contribution in [0.15, 0.2) is 48.0 Å². The predicted octanol–water partition coefficient (Wildman–Crippen LogP) is 4.19. The SMILES string of the molecule is C=CCn1c(=NC(=O)c2c(F)cccc2F)sc2cc(F)cc(F)c21. The number of allylic oxidation sites excluding steroid dienone is 1. The molecule has 0 aliphatic carbocycles. The van der Waals surface area contributed by atoms with Crippen molar-refractivity contribution >= 4 is 27.5 Å². The van der Waals surface area contributed by atoms with Crippen LogP contribution in [0.3, 0.4) is 0 Å². The van der Waals surface area contributed by atoms with Crippen molar-refractivity contribution < 1.29 is 22.4 Å². The van der Waals surface area contributed by atoms with E-state index in [1.807, 2.05) is 0 Å². The fraction of sp³-hybridized carbons (Fsp3) is 0.0588. The molecule has 0 fully saturated rings. The first-order chi connectivity index (χ1) is 11.9.